The Balaban J connectivity index is 1.76. The van der Waals surface area contributed by atoms with E-state index in [0.29, 0.717) is 37.9 Å². The number of piperazine rings is 1. The van der Waals surface area contributed by atoms with E-state index in [-0.39, 0.29) is 4.90 Å². The molecule has 1 fully saturated rings. The molecule has 0 spiro atoms. The highest BCUT2D eigenvalue weighted by molar-refractivity contribution is 7.90. The molecule has 0 atom stereocenters. The fraction of sp³-hybridized carbons (Fsp3) is 0.438. The van der Waals surface area contributed by atoms with E-state index in [4.69, 9.17) is 0 Å². The summed E-state index contributed by atoms with van der Waals surface area (Å²) in [5.74, 6) is 2.07. The summed E-state index contributed by atoms with van der Waals surface area (Å²) in [6, 6.07) is 5.12. The summed E-state index contributed by atoms with van der Waals surface area (Å²) in [4.78, 5) is 19.5. The summed E-state index contributed by atoms with van der Waals surface area (Å²) >= 11 is 0. The minimum Gasteiger partial charge on any atom is -0.363 e. The molecule has 0 unspecified atom stereocenters. The first kappa shape index (κ1) is 17.4. The van der Waals surface area contributed by atoms with Crippen LogP contribution in [0.15, 0.2) is 35.5 Å². The van der Waals surface area contributed by atoms with E-state index in [0.717, 1.165) is 5.82 Å². The zero-order valence-electron chi connectivity index (χ0n) is 14.6. The molecular weight excluding hydrogens is 340 g/mol. The minimum absolute atomic E-state index is 0.273. The van der Waals surface area contributed by atoms with E-state index in [1.807, 2.05) is 30.0 Å². The Bertz CT molecular complexity index is 847. The highest BCUT2D eigenvalue weighted by atomic mass is 32.2. The second kappa shape index (κ2) is 6.83. The maximum atomic E-state index is 12.0. The highest BCUT2D eigenvalue weighted by Crippen LogP contribution is 2.24. The van der Waals surface area contributed by atoms with Gasteiger partial charge in [-0.05, 0) is 18.2 Å². The lowest BCUT2D eigenvalue weighted by Crippen LogP contribution is -2.47. The maximum absolute atomic E-state index is 12.0. The van der Waals surface area contributed by atoms with E-state index >= 15 is 0 Å². The van der Waals surface area contributed by atoms with Crippen LogP contribution >= 0.6 is 0 Å². The number of hydrogen-bond acceptors (Lipinski definition) is 8. The molecule has 3 rings (SSSR count). The van der Waals surface area contributed by atoms with E-state index in [9.17, 15) is 8.42 Å². The third kappa shape index (κ3) is 3.81. The third-order valence-electron chi connectivity index (χ3n) is 4.10. The normalized spacial score (nSPS) is 15.3. The van der Waals surface area contributed by atoms with E-state index < -0.39 is 9.84 Å². The van der Waals surface area contributed by atoms with Crippen molar-refractivity contribution in [2.45, 2.75) is 4.90 Å². The van der Waals surface area contributed by atoms with Gasteiger partial charge < -0.3 is 14.7 Å². The van der Waals surface area contributed by atoms with Crippen LogP contribution < -0.4 is 14.7 Å². The largest absolute Gasteiger partial charge is 0.363 e. The van der Waals surface area contributed by atoms with E-state index in [1.54, 1.807) is 24.5 Å². The Hall–Kier alpha value is -2.42. The van der Waals surface area contributed by atoms with Crippen LogP contribution in [0, 0.1) is 0 Å². The Kier molecular flexibility index (Phi) is 4.76. The Morgan fingerprint density at radius 3 is 2.32 bits per heavy atom. The van der Waals surface area contributed by atoms with E-state index in [1.165, 1.54) is 6.26 Å². The predicted octanol–water partition coefficient (Wildman–Crippen LogP) is 0.668. The van der Waals surface area contributed by atoms with Crippen LogP contribution in [0.25, 0.3) is 0 Å². The van der Waals surface area contributed by atoms with Crippen LogP contribution in [-0.2, 0) is 9.84 Å². The van der Waals surface area contributed by atoms with Crippen LogP contribution in [0.1, 0.15) is 0 Å². The number of anilines is 3. The lowest BCUT2D eigenvalue weighted by atomic mass is 10.3. The molecule has 1 saturated heterocycles. The lowest BCUT2D eigenvalue weighted by Gasteiger charge is -2.36. The third-order valence-corrected chi connectivity index (χ3v) is 5.22. The average Bonchev–Trinajstić information content (AvgIpc) is 2.61. The van der Waals surface area contributed by atoms with Gasteiger partial charge >= 0.3 is 0 Å². The van der Waals surface area contributed by atoms with Crippen molar-refractivity contribution in [1.82, 2.24) is 15.0 Å². The molecule has 0 radical (unpaired) electrons. The first-order valence-corrected chi connectivity index (χ1v) is 9.91. The van der Waals surface area contributed by atoms with Crippen molar-refractivity contribution in [1.29, 1.82) is 0 Å². The first-order valence-electron chi connectivity index (χ1n) is 8.01. The minimum atomic E-state index is -3.31. The van der Waals surface area contributed by atoms with Gasteiger partial charge in [0.2, 0.25) is 5.95 Å². The molecule has 0 N–H and O–H groups in total. The molecule has 0 bridgehead atoms. The van der Waals surface area contributed by atoms with Gasteiger partial charge in [0.25, 0.3) is 0 Å². The summed E-state index contributed by atoms with van der Waals surface area (Å²) < 4.78 is 24.0. The summed E-state index contributed by atoms with van der Waals surface area (Å²) in [6.45, 7) is 2.73. The van der Waals surface area contributed by atoms with Gasteiger partial charge in [-0.25, -0.2) is 18.4 Å². The van der Waals surface area contributed by atoms with Gasteiger partial charge in [0.15, 0.2) is 9.84 Å². The second-order valence-electron chi connectivity index (χ2n) is 6.18. The van der Waals surface area contributed by atoms with Gasteiger partial charge in [0.1, 0.15) is 16.5 Å². The van der Waals surface area contributed by atoms with Crippen molar-refractivity contribution in [3.05, 3.63) is 30.6 Å². The molecule has 134 valence electrons. The molecule has 0 aromatic carbocycles. The predicted molar refractivity (Wildman–Crippen MR) is 98.1 cm³/mol. The van der Waals surface area contributed by atoms with Crippen LogP contribution in [0.2, 0.25) is 0 Å². The van der Waals surface area contributed by atoms with Crippen molar-refractivity contribution < 1.29 is 8.42 Å². The van der Waals surface area contributed by atoms with Crippen molar-refractivity contribution in [3.63, 3.8) is 0 Å². The topological polar surface area (TPSA) is 82.5 Å². The average molecular weight is 362 g/mol. The Labute approximate surface area is 148 Å². The van der Waals surface area contributed by atoms with Crippen molar-refractivity contribution in [2.24, 2.45) is 0 Å². The van der Waals surface area contributed by atoms with Gasteiger partial charge in [-0.1, -0.05) is 0 Å². The number of rotatable bonds is 4. The number of nitrogens with zero attached hydrogens (tertiary/aromatic N) is 6. The van der Waals surface area contributed by atoms with E-state index in [2.05, 4.69) is 19.9 Å². The van der Waals surface area contributed by atoms with Gasteiger partial charge in [-0.3, -0.25) is 0 Å². The lowest BCUT2D eigenvalue weighted by molar-refractivity contribution is 0.597. The van der Waals surface area contributed by atoms with Gasteiger partial charge in [0, 0.05) is 58.9 Å². The number of hydrogen-bond donors (Lipinski definition) is 0. The zero-order valence-corrected chi connectivity index (χ0v) is 15.4. The van der Waals surface area contributed by atoms with Crippen LogP contribution in [0.5, 0.6) is 0 Å². The van der Waals surface area contributed by atoms with Gasteiger partial charge in [-0.2, -0.15) is 4.98 Å². The molecule has 3 heterocycles. The molecule has 0 amide bonds. The van der Waals surface area contributed by atoms with Crippen molar-refractivity contribution in [2.75, 3.05) is 61.2 Å². The smallest absolute Gasteiger partial charge is 0.227 e. The fourth-order valence-electron chi connectivity index (χ4n) is 2.77. The molecule has 0 aliphatic carbocycles. The molecule has 9 heteroatoms. The maximum Gasteiger partial charge on any atom is 0.227 e. The fourth-order valence-corrected chi connectivity index (χ4v) is 3.61. The summed E-state index contributed by atoms with van der Waals surface area (Å²) in [7, 11) is 0.573. The van der Waals surface area contributed by atoms with Crippen LogP contribution in [-0.4, -0.2) is 69.9 Å². The van der Waals surface area contributed by atoms with Crippen molar-refractivity contribution in [3.8, 4) is 0 Å². The monoisotopic (exact) mass is 362 g/mol. The number of aromatic nitrogens is 3. The Morgan fingerprint density at radius 1 is 1.00 bits per heavy atom. The SMILES string of the molecule is CN(C)c1ccnc(N2CCN(c3ncccc3S(C)(=O)=O)CC2)n1. The van der Waals surface area contributed by atoms with Crippen LogP contribution in [0.4, 0.5) is 17.6 Å². The molecule has 8 nitrogen and oxygen atoms in total. The molecule has 25 heavy (non-hydrogen) atoms. The molecule has 0 saturated carbocycles. The van der Waals surface area contributed by atoms with Gasteiger partial charge in [-0.15, -0.1) is 0 Å². The van der Waals surface area contributed by atoms with Crippen molar-refractivity contribution >= 4 is 27.4 Å². The van der Waals surface area contributed by atoms with Crippen LogP contribution in [0.3, 0.4) is 0 Å². The quantitative estimate of drug-likeness (QED) is 0.785. The molecule has 2 aromatic rings. The Morgan fingerprint density at radius 2 is 1.68 bits per heavy atom. The second-order valence-corrected chi connectivity index (χ2v) is 8.16. The zero-order chi connectivity index (χ0) is 18.0. The molecule has 1 aliphatic rings. The molecule has 1 aliphatic heterocycles. The highest BCUT2D eigenvalue weighted by Gasteiger charge is 2.24. The molecule has 2 aromatic heterocycles. The summed E-state index contributed by atoms with van der Waals surface area (Å²) in [5.41, 5.74) is 0. The number of pyridine rings is 1. The summed E-state index contributed by atoms with van der Waals surface area (Å²) in [5, 5.41) is 0. The first-order chi connectivity index (χ1) is 11.9. The summed E-state index contributed by atoms with van der Waals surface area (Å²) in [6.07, 6.45) is 4.59. The standard InChI is InChI=1S/C16H22N6O2S/c1-20(2)14-6-8-18-16(19-14)22-11-9-21(10-12-22)15-13(25(3,23)24)5-4-7-17-15/h4-8H,9-12H2,1-3H3. The number of sulfone groups is 1. The van der Waals surface area contributed by atoms with Gasteiger partial charge in [0.05, 0.1) is 0 Å². The molecular formula is C16H22N6O2S.